The standard InChI is InChI=1S/C25H24F4N4O3/c1-25(2,3)36-24(35)33-5-4-15-9-20(17(26)8-16(15)11-33)31-23(34)21-12-32(13-30-21)10-14-6-18(27)22(29)19(28)7-14/h6-9,12-13H,4-5,10-11H2,1-3H3,(H,31,34). The summed E-state index contributed by atoms with van der Waals surface area (Å²) in [5.74, 6) is -5.56. The van der Waals surface area contributed by atoms with E-state index in [2.05, 4.69) is 10.3 Å². The maximum Gasteiger partial charge on any atom is 0.410 e. The van der Waals surface area contributed by atoms with Crippen molar-refractivity contribution in [3.63, 3.8) is 0 Å². The molecule has 36 heavy (non-hydrogen) atoms. The number of anilines is 1. The molecule has 1 aromatic heterocycles. The quantitative estimate of drug-likeness (QED) is 0.399. The maximum atomic E-state index is 14.8. The van der Waals surface area contributed by atoms with E-state index in [9.17, 15) is 27.2 Å². The molecule has 7 nitrogen and oxygen atoms in total. The SMILES string of the molecule is CC(C)(C)OC(=O)N1CCc2cc(NC(=O)c3cn(Cc4cc(F)c(F)c(F)c4)cn3)c(F)cc2C1. The lowest BCUT2D eigenvalue weighted by atomic mass is 9.99. The van der Waals surface area contributed by atoms with Crippen LogP contribution >= 0.6 is 0 Å². The van der Waals surface area contributed by atoms with Gasteiger partial charge in [0.2, 0.25) is 0 Å². The van der Waals surface area contributed by atoms with Crippen LogP contribution in [0.5, 0.6) is 0 Å². The van der Waals surface area contributed by atoms with E-state index in [4.69, 9.17) is 4.74 Å². The van der Waals surface area contributed by atoms with E-state index >= 15 is 0 Å². The number of hydrogen-bond donors (Lipinski definition) is 1. The number of nitrogens with zero attached hydrogens (tertiary/aromatic N) is 3. The summed E-state index contributed by atoms with van der Waals surface area (Å²) in [4.78, 5) is 30.4. The van der Waals surface area contributed by atoms with Gasteiger partial charge in [0, 0.05) is 25.8 Å². The van der Waals surface area contributed by atoms with Crippen LogP contribution in [0.25, 0.3) is 0 Å². The van der Waals surface area contributed by atoms with Gasteiger partial charge in [0.05, 0.1) is 12.0 Å². The number of carbonyl (C=O) groups is 2. The summed E-state index contributed by atoms with van der Waals surface area (Å²) in [6.45, 7) is 5.81. The zero-order chi connectivity index (χ0) is 26.2. The zero-order valence-corrected chi connectivity index (χ0v) is 19.9. The van der Waals surface area contributed by atoms with Crippen LogP contribution in [0.1, 0.15) is 48.0 Å². The molecule has 2 heterocycles. The Hall–Kier alpha value is -3.89. The molecule has 0 spiro atoms. The Balaban J connectivity index is 1.43. The first kappa shape index (κ1) is 25.2. The third-order valence-electron chi connectivity index (χ3n) is 5.48. The fourth-order valence-corrected chi connectivity index (χ4v) is 3.82. The van der Waals surface area contributed by atoms with E-state index in [0.29, 0.717) is 18.5 Å². The molecule has 3 aromatic rings. The number of imidazole rings is 1. The van der Waals surface area contributed by atoms with Crippen molar-refractivity contribution >= 4 is 17.7 Å². The Bertz CT molecular complexity index is 1310. The van der Waals surface area contributed by atoms with Crippen LogP contribution in [-0.2, 0) is 24.2 Å². The first-order valence-corrected chi connectivity index (χ1v) is 11.2. The molecule has 0 atom stereocenters. The number of hydrogen-bond acceptors (Lipinski definition) is 4. The topological polar surface area (TPSA) is 76.5 Å². The summed E-state index contributed by atoms with van der Waals surface area (Å²) < 4.78 is 61.6. The van der Waals surface area contributed by atoms with E-state index in [1.165, 1.54) is 34.1 Å². The second kappa shape index (κ2) is 9.63. The monoisotopic (exact) mass is 504 g/mol. The van der Waals surface area contributed by atoms with Gasteiger partial charge in [-0.1, -0.05) is 0 Å². The molecule has 11 heteroatoms. The number of ether oxygens (including phenoxy) is 1. The molecule has 1 aliphatic heterocycles. The van der Waals surface area contributed by atoms with Gasteiger partial charge in [0.1, 0.15) is 17.1 Å². The van der Waals surface area contributed by atoms with E-state index in [-0.39, 0.29) is 30.0 Å². The third-order valence-corrected chi connectivity index (χ3v) is 5.48. The van der Waals surface area contributed by atoms with Gasteiger partial charge in [-0.2, -0.15) is 0 Å². The number of rotatable bonds is 4. The first-order chi connectivity index (χ1) is 16.9. The van der Waals surface area contributed by atoms with Gasteiger partial charge in [-0.25, -0.2) is 27.3 Å². The van der Waals surface area contributed by atoms with Gasteiger partial charge in [0.15, 0.2) is 17.5 Å². The summed E-state index contributed by atoms with van der Waals surface area (Å²) >= 11 is 0. The van der Waals surface area contributed by atoms with Crippen molar-refractivity contribution in [3.8, 4) is 0 Å². The lowest BCUT2D eigenvalue weighted by Gasteiger charge is -2.31. The van der Waals surface area contributed by atoms with Crippen molar-refractivity contribution in [1.82, 2.24) is 14.5 Å². The molecule has 1 aliphatic rings. The van der Waals surface area contributed by atoms with E-state index < -0.39 is 40.9 Å². The Morgan fingerprint density at radius 1 is 1.03 bits per heavy atom. The molecule has 0 bridgehead atoms. The summed E-state index contributed by atoms with van der Waals surface area (Å²) in [7, 11) is 0. The second-order valence-corrected chi connectivity index (χ2v) is 9.51. The molecular weight excluding hydrogens is 480 g/mol. The fourth-order valence-electron chi connectivity index (χ4n) is 3.82. The van der Waals surface area contributed by atoms with Crippen LogP contribution in [0.2, 0.25) is 0 Å². The van der Waals surface area contributed by atoms with Crippen molar-refractivity contribution in [2.45, 2.75) is 45.9 Å². The minimum Gasteiger partial charge on any atom is -0.444 e. The molecule has 0 saturated heterocycles. The molecule has 4 rings (SSSR count). The number of aromatic nitrogens is 2. The third kappa shape index (κ3) is 5.67. The predicted molar refractivity (Wildman–Crippen MR) is 122 cm³/mol. The number of fused-ring (bicyclic) bond motifs is 1. The van der Waals surface area contributed by atoms with Gasteiger partial charge < -0.3 is 19.5 Å². The number of amides is 2. The number of carbonyl (C=O) groups excluding carboxylic acids is 2. The summed E-state index contributed by atoms with van der Waals surface area (Å²) in [6.07, 6.45) is 2.57. The Kier molecular flexibility index (Phi) is 6.75. The summed E-state index contributed by atoms with van der Waals surface area (Å²) in [6, 6.07) is 4.50. The van der Waals surface area contributed by atoms with Gasteiger partial charge in [-0.3, -0.25) is 4.79 Å². The van der Waals surface area contributed by atoms with Crippen molar-refractivity contribution in [2.75, 3.05) is 11.9 Å². The van der Waals surface area contributed by atoms with Gasteiger partial charge in [-0.15, -0.1) is 0 Å². The molecule has 0 aliphatic carbocycles. The molecule has 190 valence electrons. The molecule has 2 aromatic carbocycles. The maximum absolute atomic E-state index is 14.8. The molecule has 2 amide bonds. The van der Waals surface area contributed by atoms with Gasteiger partial charge >= 0.3 is 6.09 Å². The molecule has 1 N–H and O–H groups in total. The van der Waals surface area contributed by atoms with E-state index in [0.717, 1.165) is 17.7 Å². The minimum atomic E-state index is -1.56. The Morgan fingerprint density at radius 3 is 2.39 bits per heavy atom. The highest BCUT2D eigenvalue weighted by Crippen LogP contribution is 2.27. The Morgan fingerprint density at radius 2 is 1.72 bits per heavy atom. The van der Waals surface area contributed by atoms with Crippen LogP contribution < -0.4 is 5.32 Å². The van der Waals surface area contributed by atoms with E-state index in [1.807, 2.05) is 0 Å². The number of benzene rings is 2. The predicted octanol–water partition coefficient (Wildman–Crippen LogP) is 5.03. The van der Waals surface area contributed by atoms with Crippen molar-refractivity contribution in [1.29, 1.82) is 0 Å². The molecule has 0 fully saturated rings. The minimum absolute atomic E-state index is 0.0401. The highest BCUT2D eigenvalue weighted by molar-refractivity contribution is 6.02. The number of nitrogens with one attached hydrogen (secondary N) is 1. The highest BCUT2D eigenvalue weighted by atomic mass is 19.2. The molecule has 0 unspecified atom stereocenters. The van der Waals surface area contributed by atoms with Crippen LogP contribution in [0, 0.1) is 23.3 Å². The van der Waals surface area contributed by atoms with Crippen molar-refractivity contribution < 1.29 is 31.9 Å². The van der Waals surface area contributed by atoms with E-state index in [1.54, 1.807) is 20.8 Å². The summed E-state index contributed by atoms with van der Waals surface area (Å²) in [5.41, 5.74) is 0.808. The smallest absolute Gasteiger partial charge is 0.410 e. The average Bonchev–Trinajstić information content (AvgIpc) is 3.25. The largest absolute Gasteiger partial charge is 0.444 e. The van der Waals surface area contributed by atoms with Crippen LogP contribution in [0.4, 0.5) is 28.0 Å². The normalized spacial score (nSPS) is 13.4. The Labute approximate surface area is 204 Å². The molecular formula is C25H24F4N4O3. The van der Waals surface area contributed by atoms with Crippen molar-refractivity contribution in [3.05, 3.63) is 82.4 Å². The average molecular weight is 504 g/mol. The van der Waals surface area contributed by atoms with Crippen LogP contribution in [0.15, 0.2) is 36.8 Å². The highest BCUT2D eigenvalue weighted by Gasteiger charge is 2.27. The molecule has 0 radical (unpaired) electrons. The van der Waals surface area contributed by atoms with Crippen LogP contribution in [0.3, 0.4) is 0 Å². The van der Waals surface area contributed by atoms with Crippen molar-refractivity contribution in [2.24, 2.45) is 0 Å². The fraction of sp³-hybridized carbons (Fsp3) is 0.320. The summed E-state index contributed by atoms with van der Waals surface area (Å²) in [5, 5.41) is 2.48. The second-order valence-electron chi connectivity index (χ2n) is 9.51. The lowest BCUT2D eigenvalue weighted by molar-refractivity contribution is 0.0223. The number of halogens is 4. The van der Waals surface area contributed by atoms with Crippen LogP contribution in [-0.4, -0.2) is 38.6 Å². The van der Waals surface area contributed by atoms with Gasteiger partial charge in [0.25, 0.3) is 5.91 Å². The zero-order valence-electron chi connectivity index (χ0n) is 19.9. The lowest BCUT2D eigenvalue weighted by Crippen LogP contribution is -2.40. The first-order valence-electron chi connectivity index (χ1n) is 11.2. The molecule has 0 saturated carbocycles. The van der Waals surface area contributed by atoms with Gasteiger partial charge in [-0.05, 0) is 68.1 Å².